The van der Waals surface area contributed by atoms with Gasteiger partial charge in [-0.25, -0.2) is 4.68 Å². The van der Waals surface area contributed by atoms with Gasteiger partial charge in [0.05, 0.1) is 22.4 Å². The van der Waals surface area contributed by atoms with Crippen LogP contribution in [0.15, 0.2) is 66.0 Å². The van der Waals surface area contributed by atoms with Gasteiger partial charge in [0.1, 0.15) is 12.4 Å². The Kier molecular flexibility index (Phi) is 7.42. The maximum Gasteiger partial charge on any atom is 0.240 e. The van der Waals surface area contributed by atoms with Gasteiger partial charge in [0, 0.05) is 27.1 Å². The zero-order valence-electron chi connectivity index (χ0n) is 20.8. The van der Waals surface area contributed by atoms with Crippen molar-refractivity contribution in [2.75, 3.05) is 17.2 Å². The number of nitrogens with one attached hydrogen (secondary N) is 1. The molecule has 1 aliphatic heterocycles. The van der Waals surface area contributed by atoms with E-state index >= 15 is 0 Å². The second-order valence-electron chi connectivity index (χ2n) is 9.25. The third-order valence-electron chi connectivity index (χ3n) is 6.04. The van der Waals surface area contributed by atoms with E-state index in [0.29, 0.717) is 10.8 Å². The van der Waals surface area contributed by atoms with E-state index in [2.05, 4.69) is 11.4 Å². The number of anilines is 1. The van der Waals surface area contributed by atoms with E-state index in [4.69, 9.17) is 16.7 Å². The molecular formula is C28H27ClN4O2S2. The Bertz CT molecular complexity index is 1410. The average molecular weight is 551 g/mol. The van der Waals surface area contributed by atoms with Gasteiger partial charge in [0.15, 0.2) is 0 Å². The van der Waals surface area contributed by atoms with E-state index in [1.165, 1.54) is 0 Å². The lowest BCUT2D eigenvalue weighted by atomic mass is 10.0. The molecule has 5 rings (SSSR count). The fourth-order valence-corrected chi connectivity index (χ4v) is 6.68. The quantitative estimate of drug-likeness (QED) is 0.308. The van der Waals surface area contributed by atoms with Crippen LogP contribution in [-0.2, 0) is 9.59 Å². The highest BCUT2D eigenvalue weighted by molar-refractivity contribution is 8.00. The van der Waals surface area contributed by atoms with Crippen LogP contribution in [-0.4, -0.2) is 39.9 Å². The first kappa shape index (κ1) is 25.6. The number of nitrogens with zero attached hydrogens (tertiary/aromatic N) is 3. The van der Waals surface area contributed by atoms with Gasteiger partial charge in [0.25, 0.3) is 0 Å². The molecule has 0 saturated heterocycles. The number of amides is 2. The molecule has 0 fully saturated rings. The molecule has 6 nitrogen and oxygen atoms in total. The van der Waals surface area contributed by atoms with Gasteiger partial charge >= 0.3 is 0 Å². The second kappa shape index (κ2) is 10.7. The lowest BCUT2D eigenvalue weighted by Crippen LogP contribution is -2.44. The Hall–Kier alpha value is -3.07. The highest BCUT2D eigenvalue weighted by Gasteiger charge is 2.38. The molecule has 190 valence electrons. The van der Waals surface area contributed by atoms with E-state index in [1.54, 1.807) is 28.0 Å². The van der Waals surface area contributed by atoms with Crippen molar-refractivity contribution in [3.63, 3.8) is 0 Å². The zero-order valence-corrected chi connectivity index (χ0v) is 23.2. The van der Waals surface area contributed by atoms with E-state index in [-0.39, 0.29) is 35.4 Å². The van der Waals surface area contributed by atoms with Gasteiger partial charge in [0.2, 0.25) is 11.8 Å². The Balaban J connectivity index is 1.78. The molecule has 2 aromatic carbocycles. The van der Waals surface area contributed by atoms with Crippen molar-refractivity contribution in [3.05, 3.63) is 87.1 Å². The number of thiophene rings is 1. The summed E-state index contributed by atoms with van der Waals surface area (Å²) >= 11 is 9.43. The average Bonchev–Trinajstić information content (AvgIpc) is 3.50. The smallest absolute Gasteiger partial charge is 0.240 e. The molecule has 4 aromatic rings. The Morgan fingerprint density at radius 1 is 1.14 bits per heavy atom. The molecule has 1 atom stereocenters. The van der Waals surface area contributed by atoms with Crippen LogP contribution in [0, 0.1) is 6.92 Å². The number of carbonyl (C=O) groups is 2. The van der Waals surface area contributed by atoms with Gasteiger partial charge in [-0.2, -0.15) is 5.10 Å². The molecule has 0 unspecified atom stereocenters. The topological polar surface area (TPSA) is 67.2 Å². The van der Waals surface area contributed by atoms with E-state index in [1.807, 2.05) is 85.4 Å². The molecule has 9 heteroatoms. The summed E-state index contributed by atoms with van der Waals surface area (Å²) in [6.07, 6.45) is 0. The van der Waals surface area contributed by atoms with Crippen LogP contribution in [0.4, 0.5) is 5.82 Å². The zero-order chi connectivity index (χ0) is 26.1. The predicted molar refractivity (Wildman–Crippen MR) is 153 cm³/mol. The van der Waals surface area contributed by atoms with E-state index in [0.717, 1.165) is 32.9 Å². The van der Waals surface area contributed by atoms with Crippen LogP contribution >= 0.6 is 34.7 Å². The summed E-state index contributed by atoms with van der Waals surface area (Å²) in [6, 6.07) is 19.7. The third kappa shape index (κ3) is 5.32. The minimum absolute atomic E-state index is 0.0334. The maximum absolute atomic E-state index is 13.6. The van der Waals surface area contributed by atoms with Crippen LogP contribution in [0.2, 0.25) is 5.02 Å². The molecule has 2 aromatic heterocycles. The molecule has 0 radical (unpaired) electrons. The van der Waals surface area contributed by atoms with Crippen LogP contribution in [0.1, 0.15) is 35.1 Å². The van der Waals surface area contributed by atoms with Crippen LogP contribution in [0.25, 0.3) is 16.9 Å². The van der Waals surface area contributed by atoms with Crippen molar-refractivity contribution < 1.29 is 9.59 Å². The molecule has 37 heavy (non-hydrogen) atoms. The molecule has 3 heterocycles. The van der Waals surface area contributed by atoms with Crippen molar-refractivity contribution in [2.45, 2.75) is 32.1 Å². The number of halogens is 1. The first-order chi connectivity index (χ1) is 17.8. The summed E-state index contributed by atoms with van der Waals surface area (Å²) in [5.41, 5.74) is 4.52. The largest absolute Gasteiger partial charge is 0.352 e. The predicted octanol–water partition coefficient (Wildman–Crippen LogP) is 6.26. The number of fused-ring (bicyclic) bond motifs is 1. The van der Waals surface area contributed by atoms with Crippen LogP contribution in [0.3, 0.4) is 0 Å². The summed E-state index contributed by atoms with van der Waals surface area (Å²) in [6.45, 7) is 5.76. The van der Waals surface area contributed by atoms with Crippen molar-refractivity contribution in [3.8, 4) is 16.9 Å². The minimum Gasteiger partial charge on any atom is -0.352 e. The van der Waals surface area contributed by atoms with E-state index in [9.17, 15) is 9.59 Å². The van der Waals surface area contributed by atoms with Crippen molar-refractivity contribution >= 4 is 52.3 Å². The van der Waals surface area contributed by atoms with Gasteiger partial charge in [-0.15, -0.1) is 23.1 Å². The lowest BCUT2D eigenvalue weighted by Gasteiger charge is -2.23. The molecule has 0 aliphatic carbocycles. The summed E-state index contributed by atoms with van der Waals surface area (Å²) in [4.78, 5) is 29.3. The standard InChI is InChI=1S/C28H27ClN4O2S2/c1-17(2)30-23(34)15-32-24(35)16-37-27(22-5-4-14-36-22)25-26(19-8-10-20(29)11-9-19)31-33(28(25)32)21-12-6-18(3)7-13-21/h4-14,17,27H,15-16H2,1-3H3,(H,30,34)/t27-/m0/s1. The SMILES string of the molecule is Cc1ccc(-n2nc(-c3ccc(Cl)cc3)c3c2N(CC(=O)NC(C)C)C(=O)CS[C@H]3c2cccs2)cc1. The van der Waals surface area contributed by atoms with Gasteiger partial charge in [-0.3, -0.25) is 14.5 Å². The number of hydrogen-bond donors (Lipinski definition) is 1. The molecule has 2 amide bonds. The molecule has 1 aliphatic rings. The number of hydrogen-bond acceptors (Lipinski definition) is 5. The van der Waals surface area contributed by atoms with Crippen LogP contribution in [0.5, 0.6) is 0 Å². The molecular weight excluding hydrogens is 524 g/mol. The number of benzene rings is 2. The van der Waals surface area contributed by atoms with Gasteiger partial charge in [-0.1, -0.05) is 47.5 Å². The Morgan fingerprint density at radius 2 is 1.86 bits per heavy atom. The normalized spacial score (nSPS) is 15.5. The van der Waals surface area contributed by atoms with Crippen LogP contribution < -0.4 is 10.2 Å². The summed E-state index contributed by atoms with van der Waals surface area (Å²) in [7, 11) is 0. The highest BCUT2D eigenvalue weighted by atomic mass is 35.5. The van der Waals surface area contributed by atoms with Gasteiger partial charge < -0.3 is 5.32 Å². The number of aryl methyl sites for hydroxylation is 1. The first-order valence-corrected chi connectivity index (χ1v) is 14.3. The minimum atomic E-state index is -0.210. The molecule has 0 bridgehead atoms. The molecule has 0 spiro atoms. The van der Waals surface area contributed by atoms with Gasteiger partial charge in [-0.05, 0) is 56.5 Å². The molecule has 1 N–H and O–H groups in total. The number of aromatic nitrogens is 2. The number of carbonyl (C=O) groups excluding carboxylic acids is 2. The third-order valence-corrected chi connectivity index (χ3v) is 8.61. The maximum atomic E-state index is 13.6. The molecule has 0 saturated carbocycles. The summed E-state index contributed by atoms with van der Waals surface area (Å²) < 4.78 is 1.81. The first-order valence-electron chi connectivity index (χ1n) is 12.0. The van der Waals surface area contributed by atoms with E-state index < -0.39 is 0 Å². The fourth-order valence-electron chi connectivity index (χ4n) is 4.38. The highest BCUT2D eigenvalue weighted by Crippen LogP contribution is 2.49. The van der Waals surface area contributed by atoms with Crippen molar-refractivity contribution in [1.29, 1.82) is 0 Å². The lowest BCUT2D eigenvalue weighted by molar-refractivity contribution is -0.123. The summed E-state index contributed by atoms with van der Waals surface area (Å²) in [5, 5.41) is 10.6. The second-order valence-corrected chi connectivity index (χ2v) is 11.8. The number of rotatable bonds is 6. The van der Waals surface area contributed by atoms with Crippen molar-refractivity contribution in [1.82, 2.24) is 15.1 Å². The Labute approximate surface area is 229 Å². The monoisotopic (exact) mass is 550 g/mol. The summed E-state index contributed by atoms with van der Waals surface area (Å²) in [5.74, 6) is 0.542. The Morgan fingerprint density at radius 3 is 2.51 bits per heavy atom. The van der Waals surface area contributed by atoms with Crippen molar-refractivity contribution in [2.24, 2.45) is 0 Å². The number of thioether (sulfide) groups is 1. The fraction of sp³-hybridized carbons (Fsp3) is 0.250.